The van der Waals surface area contributed by atoms with Crippen LogP contribution in [0.4, 0.5) is 5.69 Å². The van der Waals surface area contributed by atoms with Crippen molar-refractivity contribution >= 4 is 5.69 Å². The first kappa shape index (κ1) is 12.8. The van der Waals surface area contributed by atoms with E-state index in [4.69, 9.17) is 25.1 Å². The van der Waals surface area contributed by atoms with Gasteiger partial charge >= 0.3 is 0 Å². The molecule has 5 heteroatoms. The molecule has 0 aromatic heterocycles. The molecule has 0 saturated carbocycles. The molecule has 5 nitrogen and oxygen atoms in total. The van der Waals surface area contributed by atoms with E-state index < -0.39 is 0 Å². The molecule has 1 aliphatic rings. The molecule has 3 N–H and O–H groups in total. The van der Waals surface area contributed by atoms with Crippen LogP contribution in [-0.2, 0) is 0 Å². The molecule has 2 rings (SSSR count). The predicted molar refractivity (Wildman–Crippen MR) is 68.3 cm³/mol. The van der Waals surface area contributed by atoms with Gasteiger partial charge in [0.25, 0.3) is 0 Å². The van der Waals surface area contributed by atoms with Crippen molar-refractivity contribution in [1.29, 1.82) is 0 Å². The quantitative estimate of drug-likeness (QED) is 0.595. The summed E-state index contributed by atoms with van der Waals surface area (Å²) in [6.07, 6.45) is 2.65. The standard InChI is InChI=1S/C13H19NO4/c14-10-8-12-13(18-7-6-17-12)9-11(10)16-5-3-1-2-4-15/h8-9,15H,1-7,14H2. The minimum atomic E-state index is 0.228. The highest BCUT2D eigenvalue weighted by molar-refractivity contribution is 5.62. The van der Waals surface area contributed by atoms with Gasteiger partial charge in [-0.05, 0) is 19.3 Å². The zero-order valence-electron chi connectivity index (χ0n) is 10.4. The number of aliphatic hydroxyl groups excluding tert-OH is 1. The van der Waals surface area contributed by atoms with E-state index in [-0.39, 0.29) is 6.61 Å². The Bertz CT molecular complexity index is 395. The van der Waals surface area contributed by atoms with Crippen molar-refractivity contribution < 1.29 is 19.3 Å². The molecule has 0 bridgehead atoms. The molecule has 1 aliphatic heterocycles. The first-order chi connectivity index (χ1) is 8.81. The number of hydrogen-bond acceptors (Lipinski definition) is 5. The highest BCUT2D eigenvalue weighted by Crippen LogP contribution is 2.38. The Balaban J connectivity index is 1.91. The minimum absolute atomic E-state index is 0.228. The fraction of sp³-hybridized carbons (Fsp3) is 0.538. The summed E-state index contributed by atoms with van der Waals surface area (Å²) in [5.41, 5.74) is 6.44. The van der Waals surface area contributed by atoms with Gasteiger partial charge in [0.05, 0.1) is 12.3 Å². The third-order valence-corrected chi connectivity index (χ3v) is 2.73. The number of ether oxygens (including phenoxy) is 3. The number of nitrogen functional groups attached to an aromatic ring is 1. The third-order valence-electron chi connectivity index (χ3n) is 2.73. The molecule has 0 atom stereocenters. The van der Waals surface area contributed by atoms with Gasteiger partial charge in [0, 0.05) is 18.7 Å². The molecule has 0 fully saturated rings. The van der Waals surface area contributed by atoms with Gasteiger partial charge in [0.15, 0.2) is 11.5 Å². The van der Waals surface area contributed by atoms with Gasteiger partial charge in [0.1, 0.15) is 19.0 Å². The molecular weight excluding hydrogens is 234 g/mol. The van der Waals surface area contributed by atoms with E-state index in [2.05, 4.69) is 0 Å². The second kappa shape index (κ2) is 6.35. The van der Waals surface area contributed by atoms with Crippen LogP contribution >= 0.6 is 0 Å². The Morgan fingerprint density at radius 1 is 1.11 bits per heavy atom. The van der Waals surface area contributed by atoms with Crippen LogP contribution < -0.4 is 19.9 Å². The first-order valence-electron chi connectivity index (χ1n) is 6.24. The molecule has 0 radical (unpaired) electrons. The average Bonchev–Trinajstić information content (AvgIpc) is 2.39. The number of rotatable bonds is 6. The van der Waals surface area contributed by atoms with Gasteiger partial charge in [-0.3, -0.25) is 0 Å². The van der Waals surface area contributed by atoms with E-state index in [1.54, 1.807) is 12.1 Å². The lowest BCUT2D eigenvalue weighted by atomic mass is 10.2. The molecule has 0 amide bonds. The van der Waals surface area contributed by atoms with E-state index in [1.165, 1.54) is 0 Å². The largest absolute Gasteiger partial charge is 0.491 e. The molecule has 0 spiro atoms. The summed E-state index contributed by atoms with van der Waals surface area (Å²) in [4.78, 5) is 0. The Morgan fingerprint density at radius 3 is 2.56 bits per heavy atom. The van der Waals surface area contributed by atoms with Gasteiger partial charge in [-0.2, -0.15) is 0 Å². The highest BCUT2D eigenvalue weighted by atomic mass is 16.6. The van der Waals surface area contributed by atoms with E-state index in [9.17, 15) is 0 Å². The van der Waals surface area contributed by atoms with Crippen molar-refractivity contribution in [1.82, 2.24) is 0 Å². The van der Waals surface area contributed by atoms with Crippen molar-refractivity contribution in [2.45, 2.75) is 19.3 Å². The van der Waals surface area contributed by atoms with Gasteiger partial charge < -0.3 is 25.1 Å². The molecular formula is C13H19NO4. The molecule has 18 heavy (non-hydrogen) atoms. The smallest absolute Gasteiger partial charge is 0.165 e. The normalized spacial score (nSPS) is 13.4. The zero-order valence-corrected chi connectivity index (χ0v) is 10.4. The van der Waals surface area contributed by atoms with Crippen LogP contribution in [0.25, 0.3) is 0 Å². The topological polar surface area (TPSA) is 73.9 Å². The number of anilines is 1. The number of hydrogen-bond donors (Lipinski definition) is 2. The van der Waals surface area contributed by atoms with Gasteiger partial charge in [-0.15, -0.1) is 0 Å². The van der Waals surface area contributed by atoms with Crippen molar-refractivity contribution in [2.75, 3.05) is 32.2 Å². The molecule has 100 valence electrons. The van der Waals surface area contributed by atoms with Gasteiger partial charge in [0.2, 0.25) is 0 Å². The summed E-state index contributed by atoms with van der Waals surface area (Å²) in [5, 5.41) is 8.67. The summed E-state index contributed by atoms with van der Waals surface area (Å²) >= 11 is 0. The molecule has 0 unspecified atom stereocenters. The lowest BCUT2D eigenvalue weighted by Gasteiger charge is -2.20. The van der Waals surface area contributed by atoms with Crippen molar-refractivity contribution in [3.63, 3.8) is 0 Å². The molecule has 0 saturated heterocycles. The Labute approximate surface area is 106 Å². The number of fused-ring (bicyclic) bond motifs is 1. The second-order valence-electron chi connectivity index (χ2n) is 4.17. The highest BCUT2D eigenvalue weighted by Gasteiger charge is 2.15. The maximum absolute atomic E-state index is 8.67. The lowest BCUT2D eigenvalue weighted by Crippen LogP contribution is -2.15. The Morgan fingerprint density at radius 2 is 1.83 bits per heavy atom. The fourth-order valence-electron chi connectivity index (χ4n) is 1.78. The van der Waals surface area contributed by atoms with Crippen molar-refractivity contribution in [3.05, 3.63) is 12.1 Å². The zero-order chi connectivity index (χ0) is 12.8. The predicted octanol–water partition coefficient (Wildman–Crippen LogP) is 1.58. The summed E-state index contributed by atoms with van der Waals surface area (Å²) in [6, 6.07) is 3.51. The van der Waals surface area contributed by atoms with Crippen LogP contribution in [0, 0.1) is 0 Å². The molecule has 0 aliphatic carbocycles. The molecule has 1 aromatic carbocycles. The maximum atomic E-state index is 8.67. The van der Waals surface area contributed by atoms with Crippen LogP contribution in [0.2, 0.25) is 0 Å². The van der Waals surface area contributed by atoms with Crippen molar-refractivity contribution in [2.24, 2.45) is 0 Å². The minimum Gasteiger partial charge on any atom is -0.491 e. The Hall–Kier alpha value is -1.62. The van der Waals surface area contributed by atoms with Crippen LogP contribution in [0.15, 0.2) is 12.1 Å². The lowest BCUT2D eigenvalue weighted by molar-refractivity contribution is 0.170. The second-order valence-corrected chi connectivity index (χ2v) is 4.17. The van der Waals surface area contributed by atoms with Crippen LogP contribution in [0.1, 0.15) is 19.3 Å². The summed E-state index contributed by atoms with van der Waals surface area (Å²) in [5.74, 6) is 1.98. The van der Waals surface area contributed by atoms with E-state index in [0.29, 0.717) is 42.8 Å². The van der Waals surface area contributed by atoms with E-state index in [1.807, 2.05) is 0 Å². The van der Waals surface area contributed by atoms with E-state index >= 15 is 0 Å². The number of unbranched alkanes of at least 4 members (excludes halogenated alkanes) is 2. The SMILES string of the molecule is Nc1cc2c(cc1OCCCCCO)OCCO2. The third kappa shape index (κ3) is 3.20. The Kier molecular flexibility index (Phi) is 4.52. The van der Waals surface area contributed by atoms with Gasteiger partial charge in [-0.25, -0.2) is 0 Å². The number of benzene rings is 1. The molecule has 1 aromatic rings. The monoisotopic (exact) mass is 253 g/mol. The maximum Gasteiger partial charge on any atom is 0.165 e. The number of nitrogens with two attached hydrogens (primary N) is 1. The van der Waals surface area contributed by atoms with Crippen LogP contribution in [0.3, 0.4) is 0 Å². The summed E-state index contributed by atoms with van der Waals surface area (Å²) < 4.78 is 16.5. The van der Waals surface area contributed by atoms with Crippen molar-refractivity contribution in [3.8, 4) is 17.2 Å². The van der Waals surface area contributed by atoms with Gasteiger partial charge in [-0.1, -0.05) is 0 Å². The first-order valence-corrected chi connectivity index (χ1v) is 6.24. The number of aliphatic hydroxyl groups is 1. The van der Waals surface area contributed by atoms with E-state index in [0.717, 1.165) is 19.3 Å². The fourth-order valence-corrected chi connectivity index (χ4v) is 1.78. The average molecular weight is 253 g/mol. The van der Waals surface area contributed by atoms with Crippen LogP contribution in [-0.4, -0.2) is 31.5 Å². The molecule has 1 heterocycles. The summed E-state index contributed by atoms with van der Waals surface area (Å²) in [7, 11) is 0. The summed E-state index contributed by atoms with van der Waals surface area (Å²) in [6.45, 7) is 1.91. The van der Waals surface area contributed by atoms with Crippen LogP contribution in [0.5, 0.6) is 17.2 Å².